The monoisotopic (exact) mass is 374 g/mol. The molecule has 0 radical (unpaired) electrons. The van der Waals surface area contributed by atoms with Crippen molar-refractivity contribution in [3.63, 3.8) is 0 Å². The Bertz CT molecular complexity index is 729. The van der Waals surface area contributed by atoms with Crippen LogP contribution in [0.5, 0.6) is 0 Å². The fourth-order valence-corrected chi connectivity index (χ4v) is 5.10. The van der Waals surface area contributed by atoms with Crippen LogP contribution in [-0.4, -0.2) is 54.3 Å². The summed E-state index contributed by atoms with van der Waals surface area (Å²) in [6.07, 6.45) is 5.42. The number of carbonyl (C=O) groups excluding carboxylic acids is 2. The van der Waals surface area contributed by atoms with Gasteiger partial charge in [-0.3, -0.25) is 9.59 Å². The topological polar surface area (TPSA) is 76.4 Å². The van der Waals surface area contributed by atoms with E-state index in [1.807, 2.05) is 11.9 Å². The molecule has 6 nitrogen and oxygen atoms in total. The van der Waals surface area contributed by atoms with E-state index in [2.05, 4.69) is 16.3 Å². The molecule has 2 aliphatic rings. The van der Waals surface area contributed by atoms with Crippen molar-refractivity contribution in [1.82, 2.24) is 9.80 Å². The molecule has 1 aliphatic heterocycles. The first-order valence-electron chi connectivity index (χ1n) is 9.29. The lowest BCUT2D eigenvalue weighted by atomic mass is 10.0. The van der Waals surface area contributed by atoms with Gasteiger partial charge < -0.3 is 15.1 Å². The van der Waals surface area contributed by atoms with Crippen molar-refractivity contribution in [3.8, 4) is 6.07 Å². The Labute approximate surface area is 158 Å². The quantitative estimate of drug-likeness (QED) is 0.858. The third kappa shape index (κ3) is 4.08. The number of nitrogens with one attached hydrogen (secondary N) is 1. The van der Waals surface area contributed by atoms with E-state index >= 15 is 0 Å². The van der Waals surface area contributed by atoms with Gasteiger partial charge in [0.2, 0.25) is 11.8 Å². The number of thiophene rings is 1. The molecule has 140 valence electrons. The number of fused-ring (bicyclic) bond motifs is 1. The molecule has 2 amide bonds. The van der Waals surface area contributed by atoms with Gasteiger partial charge >= 0.3 is 0 Å². The number of aryl methyl sites for hydroxylation is 1. The minimum Gasteiger partial charge on any atom is -0.343 e. The number of likely N-dealkylation sites (tertiary alicyclic amines) is 1. The van der Waals surface area contributed by atoms with Crippen LogP contribution < -0.4 is 5.32 Å². The fourth-order valence-electron chi connectivity index (χ4n) is 3.85. The highest BCUT2D eigenvalue weighted by Crippen LogP contribution is 2.38. The highest BCUT2D eigenvalue weighted by molar-refractivity contribution is 7.16. The number of hydrogen-bond acceptors (Lipinski definition) is 5. The Morgan fingerprint density at radius 2 is 2.08 bits per heavy atom. The predicted molar refractivity (Wildman–Crippen MR) is 102 cm³/mol. The van der Waals surface area contributed by atoms with E-state index in [4.69, 9.17) is 0 Å². The summed E-state index contributed by atoms with van der Waals surface area (Å²) in [7, 11) is 1.86. The molecule has 0 aromatic carbocycles. The van der Waals surface area contributed by atoms with Crippen LogP contribution in [0.15, 0.2) is 0 Å². The van der Waals surface area contributed by atoms with E-state index in [9.17, 15) is 14.9 Å². The van der Waals surface area contributed by atoms with Gasteiger partial charge in [-0.1, -0.05) is 0 Å². The van der Waals surface area contributed by atoms with Crippen molar-refractivity contribution < 1.29 is 9.59 Å². The van der Waals surface area contributed by atoms with Gasteiger partial charge in [0.15, 0.2) is 0 Å². The zero-order chi connectivity index (χ0) is 18.7. The molecule has 1 aromatic rings. The highest BCUT2D eigenvalue weighted by Gasteiger charge is 2.25. The van der Waals surface area contributed by atoms with Crippen molar-refractivity contribution in [2.24, 2.45) is 0 Å². The predicted octanol–water partition coefficient (Wildman–Crippen LogP) is 2.38. The SMILES string of the molecule is CC(=O)N(C)C1CCN(CCC(=O)Nc2sc3c(c2C#N)CCC3)CC1. The van der Waals surface area contributed by atoms with Crippen molar-refractivity contribution in [2.45, 2.75) is 51.5 Å². The smallest absolute Gasteiger partial charge is 0.226 e. The molecule has 26 heavy (non-hydrogen) atoms. The summed E-state index contributed by atoms with van der Waals surface area (Å²) in [6.45, 7) is 4.14. The van der Waals surface area contributed by atoms with E-state index in [0.29, 0.717) is 18.0 Å². The largest absolute Gasteiger partial charge is 0.343 e. The molecule has 2 heterocycles. The normalized spacial score (nSPS) is 17.6. The molecular weight excluding hydrogens is 348 g/mol. The van der Waals surface area contributed by atoms with Crippen molar-refractivity contribution >= 4 is 28.2 Å². The summed E-state index contributed by atoms with van der Waals surface area (Å²) in [6, 6.07) is 2.57. The summed E-state index contributed by atoms with van der Waals surface area (Å²) < 4.78 is 0. The summed E-state index contributed by atoms with van der Waals surface area (Å²) in [5, 5.41) is 13.1. The molecule has 1 N–H and O–H groups in total. The van der Waals surface area contributed by atoms with Gasteiger partial charge in [0.05, 0.1) is 5.56 Å². The van der Waals surface area contributed by atoms with Gasteiger partial charge in [0.25, 0.3) is 0 Å². The minimum absolute atomic E-state index is 0.0237. The highest BCUT2D eigenvalue weighted by atomic mass is 32.1. The first-order chi connectivity index (χ1) is 12.5. The third-order valence-corrected chi connectivity index (χ3v) is 6.75. The van der Waals surface area contributed by atoms with Crippen LogP contribution >= 0.6 is 11.3 Å². The lowest BCUT2D eigenvalue weighted by molar-refractivity contribution is -0.130. The molecule has 0 spiro atoms. The fraction of sp³-hybridized carbons (Fsp3) is 0.632. The van der Waals surface area contributed by atoms with Gasteiger partial charge in [-0.25, -0.2) is 0 Å². The van der Waals surface area contributed by atoms with Gasteiger partial charge in [0, 0.05) is 50.9 Å². The van der Waals surface area contributed by atoms with Gasteiger partial charge in [-0.05, 0) is 37.7 Å². The number of rotatable bonds is 5. The van der Waals surface area contributed by atoms with E-state index < -0.39 is 0 Å². The van der Waals surface area contributed by atoms with Crippen LogP contribution in [0.4, 0.5) is 5.00 Å². The third-order valence-electron chi connectivity index (χ3n) is 5.54. The lowest BCUT2D eigenvalue weighted by Gasteiger charge is -2.36. The molecule has 7 heteroatoms. The summed E-state index contributed by atoms with van der Waals surface area (Å²) in [5.74, 6) is 0.0865. The van der Waals surface area contributed by atoms with E-state index in [0.717, 1.165) is 62.3 Å². The molecule has 0 bridgehead atoms. The second-order valence-electron chi connectivity index (χ2n) is 7.17. The molecular formula is C19H26N4O2S. The minimum atomic E-state index is -0.0237. The van der Waals surface area contributed by atoms with Gasteiger partial charge in [-0.15, -0.1) is 11.3 Å². The average Bonchev–Trinajstić information content (AvgIpc) is 3.20. The summed E-state index contributed by atoms with van der Waals surface area (Å²) >= 11 is 1.56. The Morgan fingerprint density at radius 3 is 2.73 bits per heavy atom. The van der Waals surface area contributed by atoms with Crippen LogP contribution in [0.3, 0.4) is 0 Å². The molecule has 0 atom stereocenters. The van der Waals surface area contributed by atoms with E-state index in [1.165, 1.54) is 4.88 Å². The molecule has 0 unspecified atom stereocenters. The Balaban J connectivity index is 1.46. The van der Waals surface area contributed by atoms with Crippen molar-refractivity contribution in [2.75, 3.05) is 32.0 Å². The molecule has 1 aromatic heterocycles. The Kier molecular flexibility index (Phi) is 5.94. The first kappa shape index (κ1) is 18.9. The second kappa shape index (κ2) is 8.19. The number of hydrogen-bond donors (Lipinski definition) is 1. The van der Waals surface area contributed by atoms with Crippen molar-refractivity contribution in [3.05, 3.63) is 16.0 Å². The number of nitriles is 1. The standard InChI is InChI=1S/C19H26N4O2S/c1-13(24)22(2)14-6-9-23(10-7-14)11-8-18(25)21-19-16(12-20)15-4-3-5-17(15)26-19/h14H,3-11H2,1-2H3,(H,21,25). The second-order valence-corrected chi connectivity index (χ2v) is 8.28. The number of carbonyl (C=O) groups is 2. The van der Waals surface area contributed by atoms with Crippen LogP contribution in [0, 0.1) is 11.3 Å². The summed E-state index contributed by atoms with van der Waals surface area (Å²) in [5.41, 5.74) is 1.81. The van der Waals surface area contributed by atoms with Crippen LogP contribution in [-0.2, 0) is 22.4 Å². The van der Waals surface area contributed by atoms with Crippen molar-refractivity contribution in [1.29, 1.82) is 5.26 Å². The van der Waals surface area contributed by atoms with E-state index in [1.54, 1.807) is 18.3 Å². The lowest BCUT2D eigenvalue weighted by Crippen LogP contribution is -2.45. The maximum atomic E-state index is 12.3. The van der Waals surface area contributed by atoms with Crippen LogP contribution in [0.2, 0.25) is 0 Å². The molecule has 1 aliphatic carbocycles. The number of piperidine rings is 1. The zero-order valence-corrected chi connectivity index (χ0v) is 16.3. The maximum absolute atomic E-state index is 12.3. The Hall–Kier alpha value is -1.91. The maximum Gasteiger partial charge on any atom is 0.226 e. The zero-order valence-electron chi connectivity index (χ0n) is 15.5. The van der Waals surface area contributed by atoms with Gasteiger partial charge in [-0.2, -0.15) is 5.26 Å². The molecule has 0 saturated carbocycles. The Morgan fingerprint density at radius 1 is 1.35 bits per heavy atom. The average molecular weight is 375 g/mol. The number of nitrogens with zero attached hydrogens (tertiary/aromatic N) is 3. The number of anilines is 1. The molecule has 1 saturated heterocycles. The van der Waals surface area contributed by atoms with E-state index in [-0.39, 0.29) is 11.8 Å². The van der Waals surface area contributed by atoms with Crippen LogP contribution in [0.25, 0.3) is 0 Å². The number of amides is 2. The summed E-state index contributed by atoms with van der Waals surface area (Å²) in [4.78, 5) is 29.1. The molecule has 3 rings (SSSR count). The van der Waals surface area contributed by atoms with Gasteiger partial charge in [0.1, 0.15) is 11.1 Å². The molecule has 1 fully saturated rings. The first-order valence-corrected chi connectivity index (χ1v) is 10.1. The van der Waals surface area contributed by atoms with Crippen LogP contribution in [0.1, 0.15) is 48.6 Å².